The first-order chi connectivity index (χ1) is 12.9. The lowest BCUT2D eigenvalue weighted by Gasteiger charge is -2.29. The molecule has 1 heterocycles. The molecule has 0 N–H and O–H groups in total. The van der Waals surface area contributed by atoms with Gasteiger partial charge in [0.1, 0.15) is 0 Å². The highest BCUT2D eigenvalue weighted by Gasteiger charge is 2.33. The summed E-state index contributed by atoms with van der Waals surface area (Å²) >= 11 is 0. The second-order valence-corrected chi connectivity index (χ2v) is 6.84. The summed E-state index contributed by atoms with van der Waals surface area (Å²) in [4.78, 5) is 2.47. The van der Waals surface area contributed by atoms with Gasteiger partial charge >= 0.3 is 7.05 Å². The van der Waals surface area contributed by atoms with E-state index in [1.165, 1.54) is 29.4 Å². The third-order valence-electron chi connectivity index (χ3n) is 5.03. The summed E-state index contributed by atoms with van der Waals surface area (Å²) in [6.45, 7) is 2.19. The van der Waals surface area contributed by atoms with Gasteiger partial charge in [-0.1, -0.05) is 91.0 Å². The highest BCUT2D eigenvalue weighted by atomic mass is 16.5. The molecule has 0 atom stereocenters. The van der Waals surface area contributed by atoms with Crippen molar-refractivity contribution < 1.29 is 4.65 Å². The summed E-state index contributed by atoms with van der Waals surface area (Å²) in [5.41, 5.74) is 3.61. The molecule has 0 radical (unpaired) electrons. The molecule has 26 heavy (non-hydrogen) atoms. The summed E-state index contributed by atoms with van der Waals surface area (Å²) in [5, 5.41) is 0. The monoisotopic (exact) mass is 341 g/mol. The molecule has 0 spiro atoms. The van der Waals surface area contributed by atoms with Crippen LogP contribution in [0.15, 0.2) is 91.0 Å². The van der Waals surface area contributed by atoms with E-state index in [2.05, 4.69) is 95.8 Å². The second-order valence-electron chi connectivity index (χ2n) is 6.84. The molecule has 2 nitrogen and oxygen atoms in total. The van der Waals surface area contributed by atoms with Crippen LogP contribution in [0, 0.1) is 0 Å². The van der Waals surface area contributed by atoms with Crippen molar-refractivity contribution in [2.24, 2.45) is 0 Å². The van der Waals surface area contributed by atoms with Gasteiger partial charge in [-0.2, -0.15) is 0 Å². The quantitative estimate of drug-likeness (QED) is 0.621. The normalized spacial score (nSPS) is 14.7. The Labute approximate surface area is 156 Å². The molecule has 1 aliphatic rings. The van der Waals surface area contributed by atoms with Crippen LogP contribution in [0.4, 0.5) is 0 Å². The fourth-order valence-corrected chi connectivity index (χ4v) is 3.70. The van der Waals surface area contributed by atoms with E-state index in [0.717, 1.165) is 13.1 Å². The van der Waals surface area contributed by atoms with Crippen molar-refractivity contribution in [2.45, 2.75) is 18.9 Å². The van der Waals surface area contributed by atoms with Crippen LogP contribution in [0.2, 0.25) is 0 Å². The lowest BCUT2D eigenvalue weighted by Crippen LogP contribution is -2.49. The van der Waals surface area contributed by atoms with Gasteiger partial charge < -0.3 is 9.47 Å². The van der Waals surface area contributed by atoms with Crippen LogP contribution in [0.1, 0.15) is 30.1 Å². The zero-order valence-electron chi connectivity index (χ0n) is 15.0. The van der Waals surface area contributed by atoms with E-state index in [0.29, 0.717) is 0 Å². The van der Waals surface area contributed by atoms with Crippen molar-refractivity contribution in [3.63, 3.8) is 0 Å². The molecule has 3 aromatic rings. The molecule has 4 rings (SSSR count). The number of hydrogen-bond donors (Lipinski definition) is 0. The first-order valence-electron chi connectivity index (χ1n) is 9.46. The topological polar surface area (TPSA) is 12.5 Å². The molecule has 1 aliphatic heterocycles. The Morgan fingerprint density at radius 2 is 1.12 bits per heavy atom. The smallest absolute Gasteiger partial charge is 0.406 e. The average Bonchev–Trinajstić information content (AvgIpc) is 3.25. The fourth-order valence-electron chi connectivity index (χ4n) is 3.70. The van der Waals surface area contributed by atoms with Crippen LogP contribution in [-0.2, 0) is 4.65 Å². The lowest BCUT2D eigenvalue weighted by atomic mass is 9.70. The molecule has 0 aromatic heterocycles. The Balaban J connectivity index is 1.70. The van der Waals surface area contributed by atoms with Gasteiger partial charge in [-0.15, -0.1) is 0 Å². The highest BCUT2D eigenvalue weighted by molar-refractivity contribution is 6.64. The van der Waals surface area contributed by atoms with Crippen LogP contribution in [0.5, 0.6) is 0 Å². The van der Waals surface area contributed by atoms with E-state index in [9.17, 15) is 0 Å². The maximum absolute atomic E-state index is 6.82. The molecule has 1 fully saturated rings. The first-order valence-corrected chi connectivity index (χ1v) is 9.46. The number of nitrogens with zero attached hydrogens (tertiary/aromatic N) is 1. The fraction of sp³-hybridized carbons (Fsp3) is 0.217. The Hall–Kier alpha value is -2.36. The number of rotatable bonds is 6. The molecular weight excluding hydrogens is 317 g/mol. The molecule has 0 bridgehead atoms. The molecule has 130 valence electrons. The van der Waals surface area contributed by atoms with Crippen LogP contribution in [0.3, 0.4) is 0 Å². The SMILES string of the molecule is c1ccc(B(OC(c2ccccc2)c2ccccc2)N2CCCC2)cc1. The largest absolute Gasteiger partial charge is 0.419 e. The van der Waals surface area contributed by atoms with E-state index in [-0.39, 0.29) is 13.2 Å². The van der Waals surface area contributed by atoms with E-state index < -0.39 is 0 Å². The summed E-state index contributed by atoms with van der Waals surface area (Å²) in [5.74, 6) is 0. The van der Waals surface area contributed by atoms with Gasteiger partial charge in [0.25, 0.3) is 0 Å². The molecule has 3 heteroatoms. The maximum Gasteiger partial charge on any atom is 0.419 e. The molecule has 0 unspecified atom stereocenters. The van der Waals surface area contributed by atoms with E-state index in [4.69, 9.17) is 4.65 Å². The average molecular weight is 341 g/mol. The van der Waals surface area contributed by atoms with Gasteiger partial charge in [0.05, 0.1) is 6.10 Å². The van der Waals surface area contributed by atoms with Gasteiger partial charge in [0.15, 0.2) is 0 Å². The molecule has 3 aromatic carbocycles. The Kier molecular flexibility index (Phi) is 5.48. The zero-order chi connectivity index (χ0) is 17.6. The molecule has 0 amide bonds. The van der Waals surface area contributed by atoms with Gasteiger partial charge in [0, 0.05) is 0 Å². The summed E-state index contributed by atoms with van der Waals surface area (Å²) < 4.78 is 6.82. The van der Waals surface area contributed by atoms with Crippen molar-refractivity contribution in [1.82, 2.24) is 4.81 Å². The highest BCUT2D eigenvalue weighted by Crippen LogP contribution is 2.27. The molecule has 0 aliphatic carbocycles. The van der Waals surface area contributed by atoms with Crippen molar-refractivity contribution in [2.75, 3.05) is 13.1 Å². The van der Waals surface area contributed by atoms with E-state index in [1.807, 2.05) is 0 Å². The summed E-state index contributed by atoms with van der Waals surface area (Å²) in [7, 11) is -0.0240. The Bertz CT molecular complexity index is 749. The summed E-state index contributed by atoms with van der Waals surface area (Å²) in [6.07, 6.45) is 2.41. The minimum Gasteiger partial charge on any atom is -0.406 e. The lowest BCUT2D eigenvalue weighted by molar-refractivity contribution is 0.221. The Morgan fingerprint density at radius 3 is 1.62 bits per heavy atom. The number of hydrogen-bond acceptors (Lipinski definition) is 2. The van der Waals surface area contributed by atoms with Crippen molar-refractivity contribution in [3.8, 4) is 0 Å². The Morgan fingerprint density at radius 1 is 0.654 bits per heavy atom. The molecule has 0 saturated carbocycles. The van der Waals surface area contributed by atoms with Gasteiger partial charge in [-0.3, -0.25) is 0 Å². The van der Waals surface area contributed by atoms with Crippen LogP contribution in [-0.4, -0.2) is 25.0 Å². The van der Waals surface area contributed by atoms with E-state index in [1.54, 1.807) is 0 Å². The molecule has 1 saturated heterocycles. The molecular formula is C23H24BNO. The van der Waals surface area contributed by atoms with Crippen LogP contribution >= 0.6 is 0 Å². The third kappa shape index (κ3) is 3.90. The number of benzene rings is 3. The second kappa shape index (κ2) is 8.35. The predicted octanol–water partition coefficient (Wildman–Crippen LogP) is 4.28. The minimum absolute atomic E-state index is 0.0240. The maximum atomic E-state index is 6.82. The first kappa shape index (κ1) is 17.1. The van der Waals surface area contributed by atoms with Gasteiger partial charge in [0.2, 0.25) is 0 Å². The third-order valence-corrected chi connectivity index (χ3v) is 5.03. The minimum atomic E-state index is -0.0804. The van der Waals surface area contributed by atoms with Gasteiger partial charge in [-0.25, -0.2) is 0 Å². The van der Waals surface area contributed by atoms with Crippen molar-refractivity contribution >= 4 is 12.5 Å². The van der Waals surface area contributed by atoms with Crippen molar-refractivity contribution in [1.29, 1.82) is 0 Å². The van der Waals surface area contributed by atoms with Crippen molar-refractivity contribution in [3.05, 3.63) is 102 Å². The zero-order valence-corrected chi connectivity index (χ0v) is 15.0. The summed E-state index contributed by atoms with van der Waals surface area (Å²) in [6, 6.07) is 31.7. The van der Waals surface area contributed by atoms with Crippen LogP contribution < -0.4 is 5.46 Å². The van der Waals surface area contributed by atoms with Crippen LogP contribution in [0.25, 0.3) is 0 Å². The standard InChI is InChI=1S/C23H24BNO/c1-4-12-20(13-5-1)23(21-14-6-2-7-15-21)26-24(25-18-10-11-19-25)22-16-8-3-9-17-22/h1-9,12-17,23H,10-11,18-19H2. The predicted molar refractivity (Wildman–Crippen MR) is 108 cm³/mol. The van der Waals surface area contributed by atoms with Gasteiger partial charge in [-0.05, 0) is 42.5 Å². The van der Waals surface area contributed by atoms with E-state index >= 15 is 0 Å².